The molecule has 0 spiro atoms. The molecule has 29 heavy (non-hydrogen) atoms. The van der Waals surface area contributed by atoms with Gasteiger partial charge >= 0.3 is 5.97 Å². The smallest absolute Gasteiger partial charge is 0.277 e. The molecule has 0 aliphatic rings. The van der Waals surface area contributed by atoms with Gasteiger partial charge in [-0.15, -0.1) is 13.7 Å². The van der Waals surface area contributed by atoms with Crippen LogP contribution in [0.25, 0.3) is 0 Å². The Kier molecular flexibility index (Phi) is 5.47. The molecule has 7 nitrogen and oxygen atoms in total. The van der Waals surface area contributed by atoms with E-state index in [2.05, 4.69) is 55.2 Å². The zero-order valence-electron chi connectivity index (χ0n) is 19.3. The van der Waals surface area contributed by atoms with E-state index in [0.717, 1.165) is 17.5 Å². The summed E-state index contributed by atoms with van der Waals surface area (Å²) in [6.07, 6.45) is 12.0. The van der Waals surface area contributed by atoms with Crippen LogP contribution in [0.3, 0.4) is 0 Å². The first-order valence-corrected chi connectivity index (χ1v) is 10.5. The summed E-state index contributed by atoms with van der Waals surface area (Å²) in [4.78, 5) is 0. The van der Waals surface area contributed by atoms with Gasteiger partial charge in [0.15, 0.2) is 0 Å². The van der Waals surface area contributed by atoms with E-state index in [0.29, 0.717) is 0 Å². The third kappa shape index (κ3) is 3.21. The average Bonchev–Trinajstić information content (AvgIpc) is 3.30. The molecule has 7 heteroatoms. The first-order valence-electron chi connectivity index (χ1n) is 10.5. The second kappa shape index (κ2) is 7.44. The molecule has 3 rings (SSSR count). The van der Waals surface area contributed by atoms with E-state index < -0.39 is 5.97 Å². The summed E-state index contributed by atoms with van der Waals surface area (Å²) < 4.78 is 12.3. The van der Waals surface area contributed by atoms with Gasteiger partial charge in [-0.25, -0.2) is 13.7 Å². The minimum Gasteiger partial charge on any atom is -0.277 e. The number of nitrogens with zero attached hydrogens (tertiary/aromatic N) is 6. The number of imidazole rings is 3. The van der Waals surface area contributed by atoms with Crippen LogP contribution in [-0.4, -0.2) is 18.8 Å². The Morgan fingerprint density at radius 1 is 0.621 bits per heavy atom. The van der Waals surface area contributed by atoms with Crippen molar-refractivity contribution in [3.8, 4) is 0 Å². The van der Waals surface area contributed by atoms with Gasteiger partial charge in [-0.05, 0) is 0 Å². The number of rotatable bonds is 6. The summed E-state index contributed by atoms with van der Waals surface area (Å²) in [5, 5.41) is 12.6. The van der Waals surface area contributed by atoms with Crippen LogP contribution in [0.15, 0.2) is 37.2 Å². The second-order valence-electron chi connectivity index (χ2n) is 8.98. The fraction of sp³-hybridized carbons (Fsp3) is 0.591. The number of aryl methyl sites for hydroxylation is 3. The first kappa shape index (κ1) is 21.3. The zero-order valence-corrected chi connectivity index (χ0v) is 19.3. The van der Waals surface area contributed by atoms with E-state index in [1.54, 1.807) is 0 Å². The fourth-order valence-electron chi connectivity index (χ4n) is 4.63. The van der Waals surface area contributed by atoms with Crippen molar-refractivity contribution < 1.29 is 18.8 Å². The third-order valence-corrected chi connectivity index (χ3v) is 5.66. The highest BCUT2D eigenvalue weighted by Crippen LogP contribution is 2.29. The van der Waals surface area contributed by atoms with Gasteiger partial charge in [0.2, 0.25) is 0 Å². The Bertz CT molecular complexity index is 878. The maximum atomic E-state index is 12.6. The number of aromatic nitrogens is 6. The predicted molar refractivity (Wildman–Crippen MR) is 110 cm³/mol. The van der Waals surface area contributed by atoms with Gasteiger partial charge in [-0.3, -0.25) is 5.11 Å². The van der Waals surface area contributed by atoms with E-state index >= 15 is 0 Å². The molecule has 0 saturated heterocycles. The highest BCUT2D eigenvalue weighted by Gasteiger charge is 2.56. The second-order valence-corrected chi connectivity index (χ2v) is 8.98. The molecule has 0 atom stereocenters. The molecule has 3 heterocycles. The largest absolute Gasteiger partial charge is 0.529 e. The molecule has 1 N–H and O–H groups in total. The van der Waals surface area contributed by atoms with Gasteiger partial charge in [0.1, 0.15) is 37.2 Å². The maximum absolute atomic E-state index is 12.6. The van der Waals surface area contributed by atoms with E-state index in [1.807, 2.05) is 72.0 Å². The minimum atomic E-state index is -1.46. The van der Waals surface area contributed by atoms with E-state index in [9.17, 15) is 5.11 Å². The molecule has 0 radical (unpaired) electrons. The molecule has 158 valence electrons. The summed E-state index contributed by atoms with van der Waals surface area (Å²) in [6.45, 7) is 12.9. The molecule has 3 aromatic heterocycles. The molecular weight excluding hydrogens is 364 g/mol. The Labute approximate surface area is 174 Å². The quantitative estimate of drug-likeness (QED) is 0.627. The lowest BCUT2D eigenvalue weighted by Gasteiger charge is -2.23. The molecule has 0 fully saturated rings. The first-order chi connectivity index (χ1) is 13.5. The van der Waals surface area contributed by atoms with Crippen LogP contribution in [0.4, 0.5) is 0 Å². The van der Waals surface area contributed by atoms with Gasteiger partial charge in [-0.2, -0.15) is 0 Å². The topological polar surface area (TPSA) is 46.7 Å². The van der Waals surface area contributed by atoms with Gasteiger partial charge in [0, 0.05) is 0 Å². The zero-order chi connectivity index (χ0) is 21.7. The van der Waals surface area contributed by atoms with Crippen LogP contribution < -0.4 is 13.7 Å². The van der Waals surface area contributed by atoms with Gasteiger partial charge in [0.05, 0.1) is 38.9 Å². The van der Waals surface area contributed by atoms with Gasteiger partial charge in [-0.1, -0.05) is 41.5 Å². The summed E-state index contributed by atoms with van der Waals surface area (Å²) in [7, 11) is 6.10. The molecular formula is C22H37N6O+3. The molecule has 0 saturated carbocycles. The van der Waals surface area contributed by atoms with Crippen molar-refractivity contribution in [2.75, 3.05) is 0 Å². The summed E-state index contributed by atoms with van der Waals surface area (Å²) >= 11 is 0. The standard InChI is InChI=1S/C22H37N6O/c1-16(2)19-23(7)10-13-26(19)22(29,27-14-11-24(8)20(27)17(3)4)28-15-12-25(9)21(28)18(5)6/h10-18,29H,1-9H3/q+3. The minimum absolute atomic E-state index is 0.236. The Hall–Kier alpha value is -2.41. The van der Waals surface area contributed by atoms with Crippen LogP contribution in [0.5, 0.6) is 0 Å². The Morgan fingerprint density at radius 3 is 1.07 bits per heavy atom. The van der Waals surface area contributed by atoms with E-state index in [4.69, 9.17) is 0 Å². The lowest BCUT2D eigenvalue weighted by molar-refractivity contribution is -0.684. The van der Waals surface area contributed by atoms with Crippen molar-refractivity contribution in [2.24, 2.45) is 21.1 Å². The van der Waals surface area contributed by atoms with Crippen LogP contribution in [0.1, 0.15) is 76.8 Å². The van der Waals surface area contributed by atoms with Crippen LogP contribution in [-0.2, 0) is 27.1 Å². The van der Waals surface area contributed by atoms with Crippen molar-refractivity contribution in [2.45, 2.75) is 65.3 Å². The number of aliphatic hydroxyl groups is 1. The predicted octanol–water partition coefficient (Wildman–Crippen LogP) is 1.59. The summed E-state index contributed by atoms with van der Waals surface area (Å²) in [5.74, 6) is 2.39. The molecule has 0 amide bonds. The monoisotopic (exact) mass is 401 g/mol. The molecule has 0 aromatic carbocycles. The number of hydrogen-bond donors (Lipinski definition) is 1. The third-order valence-electron chi connectivity index (χ3n) is 5.66. The van der Waals surface area contributed by atoms with Crippen LogP contribution in [0.2, 0.25) is 0 Å². The average molecular weight is 402 g/mol. The van der Waals surface area contributed by atoms with Crippen LogP contribution >= 0.6 is 0 Å². The van der Waals surface area contributed by atoms with Crippen molar-refractivity contribution in [1.82, 2.24) is 13.7 Å². The molecule has 0 unspecified atom stereocenters. The highest BCUT2D eigenvalue weighted by atomic mass is 16.4. The van der Waals surface area contributed by atoms with Crippen molar-refractivity contribution in [3.63, 3.8) is 0 Å². The Morgan fingerprint density at radius 2 is 0.862 bits per heavy atom. The lowest BCUT2D eigenvalue weighted by atomic mass is 10.2. The molecule has 3 aromatic rings. The lowest BCUT2D eigenvalue weighted by Crippen LogP contribution is -2.53. The number of hydrogen-bond acceptors (Lipinski definition) is 1. The van der Waals surface area contributed by atoms with Crippen molar-refractivity contribution in [3.05, 3.63) is 54.7 Å². The van der Waals surface area contributed by atoms with Gasteiger partial charge in [0.25, 0.3) is 17.5 Å². The fourth-order valence-corrected chi connectivity index (χ4v) is 4.63. The van der Waals surface area contributed by atoms with E-state index in [-0.39, 0.29) is 17.8 Å². The van der Waals surface area contributed by atoms with E-state index in [1.165, 1.54) is 0 Å². The summed E-state index contributed by atoms with van der Waals surface area (Å²) in [6, 6.07) is 0. The normalized spacial score (nSPS) is 12.7. The van der Waals surface area contributed by atoms with Crippen LogP contribution in [0, 0.1) is 0 Å². The Balaban J connectivity index is 2.45. The summed E-state index contributed by atoms with van der Waals surface area (Å²) in [5.41, 5.74) is 0. The molecule has 0 bridgehead atoms. The highest BCUT2D eigenvalue weighted by molar-refractivity contribution is 5.06. The SMILES string of the molecule is CC(C)c1n(C(O)(n2cc[n+](C)c2C(C)C)n2cc[n+](C)c2C(C)C)cc[n+]1C. The maximum Gasteiger partial charge on any atom is 0.529 e. The van der Waals surface area contributed by atoms with Crippen molar-refractivity contribution >= 4 is 0 Å². The van der Waals surface area contributed by atoms with Gasteiger partial charge < -0.3 is 0 Å². The van der Waals surface area contributed by atoms with Crippen molar-refractivity contribution in [1.29, 1.82) is 0 Å². The molecule has 0 aliphatic carbocycles. The molecule has 0 aliphatic heterocycles.